The third kappa shape index (κ3) is 5.72. The van der Waals surface area contributed by atoms with Gasteiger partial charge in [0.1, 0.15) is 0 Å². The average Bonchev–Trinajstić information content (AvgIpc) is 3.40. The molecule has 14 rings (SSSR count). The van der Waals surface area contributed by atoms with E-state index in [1.807, 2.05) is 0 Å². The average molecular weight is 863 g/mol. The first-order valence-electron chi connectivity index (χ1n) is 23.4. The molecule has 0 bridgehead atoms. The summed E-state index contributed by atoms with van der Waals surface area (Å²) in [7, 11) is -3.03. The lowest BCUT2D eigenvalue weighted by Crippen LogP contribution is -2.74. The highest BCUT2D eigenvalue weighted by Crippen LogP contribution is 2.45. The fourth-order valence-corrected chi connectivity index (χ4v) is 16.9. The van der Waals surface area contributed by atoms with Crippen molar-refractivity contribution in [2.24, 2.45) is 0 Å². The van der Waals surface area contributed by atoms with E-state index in [0.717, 1.165) is 0 Å². The molecule has 0 fully saturated rings. The molecule has 0 amide bonds. The van der Waals surface area contributed by atoms with Crippen LogP contribution in [0.2, 0.25) is 0 Å². The van der Waals surface area contributed by atoms with Gasteiger partial charge in [0.15, 0.2) is 8.07 Å². The van der Waals surface area contributed by atoms with Gasteiger partial charge >= 0.3 is 0 Å². The quantitative estimate of drug-likeness (QED) is 0.0676. The summed E-state index contributed by atoms with van der Waals surface area (Å²) in [5.74, 6) is 0. The zero-order valence-electron chi connectivity index (χ0n) is 36.7. The van der Waals surface area contributed by atoms with Crippen molar-refractivity contribution in [3.8, 4) is 22.3 Å². The summed E-state index contributed by atoms with van der Waals surface area (Å²) < 4.78 is 0. The molecule has 0 aromatic heterocycles. The molecule has 0 saturated heterocycles. The van der Waals surface area contributed by atoms with Crippen LogP contribution in [-0.4, -0.2) is 8.07 Å². The van der Waals surface area contributed by atoms with Crippen molar-refractivity contribution in [2.75, 3.05) is 0 Å². The molecule has 14 aromatic carbocycles. The molecule has 0 saturated carbocycles. The van der Waals surface area contributed by atoms with Gasteiger partial charge in [0.05, 0.1) is 0 Å². The van der Waals surface area contributed by atoms with E-state index in [1.54, 1.807) is 0 Å². The van der Waals surface area contributed by atoms with Crippen LogP contribution in [0.3, 0.4) is 0 Å². The molecule has 0 N–H and O–H groups in total. The van der Waals surface area contributed by atoms with Crippen LogP contribution in [0.5, 0.6) is 0 Å². The number of hydrogen-bond acceptors (Lipinski definition) is 0. The van der Waals surface area contributed by atoms with Gasteiger partial charge in [-0.1, -0.05) is 243 Å². The lowest BCUT2D eigenvalue weighted by molar-refractivity contribution is 1.68. The molecule has 0 spiro atoms. The lowest BCUT2D eigenvalue weighted by Gasteiger charge is -2.36. The maximum atomic E-state index is 2.53. The Morgan fingerprint density at radius 2 is 0.597 bits per heavy atom. The first kappa shape index (κ1) is 38.0. The Labute approximate surface area is 390 Å². The van der Waals surface area contributed by atoms with Gasteiger partial charge in [-0.05, 0) is 141 Å². The van der Waals surface area contributed by atoms with Crippen molar-refractivity contribution in [2.45, 2.75) is 0 Å². The molecule has 0 aliphatic rings. The smallest absolute Gasteiger partial charge is 0.0623 e. The fourth-order valence-electron chi connectivity index (χ4n) is 11.9. The zero-order chi connectivity index (χ0) is 44.1. The molecular weight excluding hydrogens is 821 g/mol. The Morgan fingerprint density at radius 1 is 0.209 bits per heavy atom. The topological polar surface area (TPSA) is 0 Å². The minimum Gasteiger partial charge on any atom is -0.0623 e. The number of fused-ring (bicyclic) bond motifs is 5. The Kier molecular flexibility index (Phi) is 8.40. The second-order valence-corrected chi connectivity index (χ2v) is 22.1. The number of rotatable bonds is 6. The van der Waals surface area contributed by atoms with E-state index >= 15 is 0 Å². The van der Waals surface area contributed by atoms with Crippen molar-refractivity contribution >= 4 is 115 Å². The zero-order valence-corrected chi connectivity index (χ0v) is 37.7. The minimum absolute atomic E-state index is 1.23. The van der Waals surface area contributed by atoms with E-state index in [-0.39, 0.29) is 0 Å². The third-order valence-electron chi connectivity index (χ3n) is 14.9. The van der Waals surface area contributed by atoms with Gasteiger partial charge in [0.25, 0.3) is 0 Å². The standard InChI is InChI=1S/C66H42Si/c1-2-19-54(20-3-1)67(55-35-31-44-14-5-7-16-49(44)41-55,62-38-34-47-27-26-45-17-12-18-46-33-37-61(62)66(47)63(45)46)56-36-32-50-40-53(30-28-51(50)42-56)65-59-23-10-8-21-57(59)64(58-22-9-11-24-60(58)65)52-29-25-43-13-4-6-15-48(43)39-52/h1-42H. The number of benzene rings is 14. The Hall–Kier alpha value is -8.36. The monoisotopic (exact) mass is 862 g/mol. The molecule has 14 aromatic rings. The van der Waals surface area contributed by atoms with E-state index in [2.05, 4.69) is 255 Å². The summed E-state index contributed by atoms with van der Waals surface area (Å²) >= 11 is 0. The molecule has 310 valence electrons. The second-order valence-electron chi connectivity index (χ2n) is 18.3. The minimum atomic E-state index is -3.03. The van der Waals surface area contributed by atoms with Crippen molar-refractivity contribution in [3.63, 3.8) is 0 Å². The SMILES string of the molecule is c1ccc([Si](c2ccc3ccccc3c2)(c2ccc3cc(-c4c5ccccc5c(-c5ccc6ccccc6c5)c5ccccc45)ccc3c2)c2ccc3ccc4cccc5ccc2c3c45)cc1. The maximum absolute atomic E-state index is 3.03. The first-order valence-corrected chi connectivity index (χ1v) is 25.4. The summed E-state index contributed by atoms with van der Waals surface area (Å²) in [5.41, 5.74) is 5.03. The van der Waals surface area contributed by atoms with Crippen LogP contribution in [0, 0.1) is 0 Å². The van der Waals surface area contributed by atoms with Gasteiger partial charge in [-0.2, -0.15) is 0 Å². The summed E-state index contributed by atoms with van der Waals surface area (Å²) in [5, 5.41) is 26.0. The van der Waals surface area contributed by atoms with E-state index in [1.165, 1.54) is 129 Å². The summed E-state index contributed by atoms with van der Waals surface area (Å²) in [6.07, 6.45) is 0. The highest BCUT2D eigenvalue weighted by atomic mass is 28.3. The summed E-state index contributed by atoms with van der Waals surface area (Å²) in [4.78, 5) is 0. The van der Waals surface area contributed by atoms with E-state index < -0.39 is 8.07 Å². The molecule has 0 nitrogen and oxygen atoms in total. The van der Waals surface area contributed by atoms with Gasteiger partial charge in [0.2, 0.25) is 0 Å². The molecule has 1 heteroatoms. The number of hydrogen-bond donors (Lipinski definition) is 0. The summed E-state index contributed by atoms with van der Waals surface area (Å²) in [6, 6.07) is 96.7. The van der Waals surface area contributed by atoms with Gasteiger partial charge in [0, 0.05) is 0 Å². The van der Waals surface area contributed by atoms with E-state index in [0.29, 0.717) is 0 Å². The third-order valence-corrected chi connectivity index (χ3v) is 19.7. The van der Waals surface area contributed by atoms with Gasteiger partial charge in [-0.15, -0.1) is 0 Å². The molecule has 0 aliphatic carbocycles. The maximum Gasteiger partial charge on any atom is 0.180 e. The molecule has 0 heterocycles. The summed E-state index contributed by atoms with van der Waals surface area (Å²) in [6.45, 7) is 0. The Bertz CT molecular complexity index is 4210. The Balaban J connectivity index is 1.02. The predicted octanol–water partition coefficient (Wildman–Crippen LogP) is 15.1. The normalized spacial score (nSPS) is 12.9. The van der Waals surface area contributed by atoms with Crippen LogP contribution in [0.1, 0.15) is 0 Å². The van der Waals surface area contributed by atoms with Crippen molar-refractivity contribution in [1.29, 1.82) is 0 Å². The van der Waals surface area contributed by atoms with Crippen LogP contribution in [0.15, 0.2) is 255 Å². The van der Waals surface area contributed by atoms with Gasteiger partial charge in [-0.3, -0.25) is 0 Å². The second kappa shape index (κ2) is 14.8. The molecule has 1 atom stereocenters. The van der Waals surface area contributed by atoms with Crippen molar-refractivity contribution in [3.05, 3.63) is 255 Å². The molecular formula is C66H42Si. The van der Waals surface area contributed by atoms with Gasteiger partial charge in [-0.25, -0.2) is 0 Å². The molecule has 0 aliphatic heterocycles. The largest absolute Gasteiger partial charge is 0.180 e. The molecule has 1 unspecified atom stereocenters. The van der Waals surface area contributed by atoms with Crippen LogP contribution in [0.4, 0.5) is 0 Å². The predicted molar refractivity (Wildman–Crippen MR) is 292 cm³/mol. The Morgan fingerprint density at radius 3 is 1.19 bits per heavy atom. The van der Waals surface area contributed by atoms with Crippen LogP contribution in [-0.2, 0) is 0 Å². The van der Waals surface area contributed by atoms with Crippen LogP contribution < -0.4 is 20.7 Å². The lowest BCUT2D eigenvalue weighted by atomic mass is 9.85. The molecule has 0 radical (unpaired) electrons. The highest BCUT2D eigenvalue weighted by molar-refractivity contribution is 7.21. The van der Waals surface area contributed by atoms with E-state index in [4.69, 9.17) is 0 Å². The molecule has 67 heavy (non-hydrogen) atoms. The highest BCUT2D eigenvalue weighted by Gasteiger charge is 2.43. The van der Waals surface area contributed by atoms with Crippen LogP contribution in [0.25, 0.3) is 108 Å². The van der Waals surface area contributed by atoms with Crippen molar-refractivity contribution < 1.29 is 0 Å². The van der Waals surface area contributed by atoms with Crippen molar-refractivity contribution in [1.82, 2.24) is 0 Å². The first-order chi connectivity index (χ1) is 33.2. The fraction of sp³-hybridized carbons (Fsp3) is 0. The van der Waals surface area contributed by atoms with Gasteiger partial charge < -0.3 is 0 Å². The van der Waals surface area contributed by atoms with E-state index in [9.17, 15) is 0 Å². The van der Waals surface area contributed by atoms with Crippen LogP contribution >= 0.6 is 0 Å².